The summed E-state index contributed by atoms with van der Waals surface area (Å²) in [6.07, 6.45) is 1.55. The minimum absolute atomic E-state index is 0.0523. The molecule has 3 aliphatic carbocycles. The predicted octanol–water partition coefficient (Wildman–Crippen LogP) is 4.67. The number of carbonyl (C=O) groups is 3. The molecule has 0 unspecified atom stereocenters. The molecule has 1 aromatic carbocycles. The summed E-state index contributed by atoms with van der Waals surface area (Å²) >= 11 is 0. The lowest BCUT2D eigenvalue weighted by molar-refractivity contribution is -0.174. The molecule has 35 heavy (non-hydrogen) atoms. The van der Waals surface area contributed by atoms with E-state index in [-0.39, 0.29) is 29.5 Å². The maximum atomic E-state index is 14.1. The third-order valence-corrected chi connectivity index (χ3v) is 8.50. The summed E-state index contributed by atoms with van der Waals surface area (Å²) < 4.78 is 11.8. The van der Waals surface area contributed by atoms with Crippen molar-refractivity contribution in [2.24, 2.45) is 29.1 Å². The van der Waals surface area contributed by atoms with E-state index in [0.717, 1.165) is 6.42 Å². The van der Waals surface area contributed by atoms with Gasteiger partial charge in [0.15, 0.2) is 5.60 Å². The summed E-state index contributed by atoms with van der Waals surface area (Å²) in [5, 5.41) is 11.6. The topological polar surface area (TPSA) is 89.9 Å². The largest absolute Gasteiger partial charge is 0.458 e. The molecule has 0 aliphatic heterocycles. The van der Waals surface area contributed by atoms with Gasteiger partial charge in [0.2, 0.25) is 5.78 Å². The highest BCUT2D eigenvalue weighted by atomic mass is 16.6. The predicted molar refractivity (Wildman–Crippen MR) is 131 cm³/mol. The Labute approximate surface area is 207 Å². The zero-order chi connectivity index (χ0) is 25.7. The number of fused-ring (bicyclic) bond motifs is 2. The summed E-state index contributed by atoms with van der Waals surface area (Å²) in [7, 11) is 0. The zero-order valence-electron chi connectivity index (χ0n) is 21.2. The lowest BCUT2D eigenvalue weighted by Gasteiger charge is -2.38. The molecule has 0 spiro atoms. The van der Waals surface area contributed by atoms with Gasteiger partial charge >= 0.3 is 11.9 Å². The van der Waals surface area contributed by atoms with Gasteiger partial charge in [-0.25, -0.2) is 4.79 Å². The summed E-state index contributed by atoms with van der Waals surface area (Å²) in [6, 6.07) is 8.59. The van der Waals surface area contributed by atoms with Crippen LogP contribution in [0.25, 0.3) is 0 Å². The molecule has 188 valence electrons. The van der Waals surface area contributed by atoms with Crippen molar-refractivity contribution < 1.29 is 29.0 Å². The van der Waals surface area contributed by atoms with Gasteiger partial charge in [-0.2, -0.15) is 0 Å². The molecule has 1 N–H and O–H groups in total. The van der Waals surface area contributed by atoms with Gasteiger partial charge in [-0.05, 0) is 66.2 Å². The third kappa shape index (κ3) is 4.37. The Balaban J connectivity index is 1.79. The molecule has 0 radical (unpaired) electrons. The van der Waals surface area contributed by atoms with Crippen molar-refractivity contribution in [1.82, 2.24) is 0 Å². The monoisotopic (exact) mass is 480 g/mol. The van der Waals surface area contributed by atoms with Crippen LogP contribution >= 0.6 is 0 Å². The highest BCUT2D eigenvalue weighted by Crippen LogP contribution is 2.62. The molecule has 6 heteroatoms. The highest BCUT2D eigenvalue weighted by molar-refractivity contribution is 6.03. The number of aliphatic hydroxyl groups excluding tert-OH is 1. The molecular weight excluding hydrogens is 444 g/mol. The SMILES string of the molecule is C=C1CC[C@H]2[C@@H](/C=C(\C)C(=O)[C@@]3(OC(C)=O)C[C@H](C)[C@H](OC(=O)c4ccccc4)[C@@H]3[C@H]1O)C2(C)C. The van der Waals surface area contributed by atoms with E-state index in [1.807, 2.05) is 13.0 Å². The maximum Gasteiger partial charge on any atom is 0.338 e. The molecule has 0 saturated heterocycles. The second-order valence-corrected chi connectivity index (χ2v) is 11.2. The molecule has 1 aromatic rings. The van der Waals surface area contributed by atoms with Crippen LogP contribution < -0.4 is 0 Å². The molecule has 0 bridgehead atoms. The number of ketones is 1. The Kier molecular flexibility index (Phi) is 6.56. The van der Waals surface area contributed by atoms with Crippen LogP contribution in [-0.2, 0) is 19.1 Å². The van der Waals surface area contributed by atoms with Gasteiger partial charge in [0.05, 0.1) is 17.6 Å². The van der Waals surface area contributed by atoms with Gasteiger partial charge in [-0.1, -0.05) is 51.6 Å². The number of aliphatic hydroxyl groups is 1. The van der Waals surface area contributed by atoms with Gasteiger partial charge in [-0.3, -0.25) is 9.59 Å². The van der Waals surface area contributed by atoms with Crippen molar-refractivity contribution in [2.75, 3.05) is 0 Å². The van der Waals surface area contributed by atoms with E-state index < -0.39 is 35.7 Å². The first kappa shape index (κ1) is 25.4. The number of carbonyl (C=O) groups excluding carboxylic acids is 3. The van der Waals surface area contributed by atoms with Crippen molar-refractivity contribution >= 4 is 17.7 Å². The molecule has 6 nitrogen and oxygen atoms in total. The number of hydrogen-bond acceptors (Lipinski definition) is 6. The number of hydrogen-bond donors (Lipinski definition) is 1. The van der Waals surface area contributed by atoms with E-state index in [1.165, 1.54) is 6.92 Å². The van der Waals surface area contributed by atoms with Crippen molar-refractivity contribution in [2.45, 2.75) is 71.7 Å². The maximum absolute atomic E-state index is 14.1. The number of ether oxygens (including phenoxy) is 2. The summed E-state index contributed by atoms with van der Waals surface area (Å²) in [4.78, 5) is 39.4. The minimum atomic E-state index is -1.64. The van der Waals surface area contributed by atoms with E-state index in [4.69, 9.17) is 9.47 Å². The average molecular weight is 481 g/mol. The van der Waals surface area contributed by atoms with E-state index in [2.05, 4.69) is 20.4 Å². The standard InChI is InChI=1S/C29H36O6/c1-16-12-13-21-22(28(21,5)6)14-17(2)26(32)29(35-19(4)30)15-18(3)25(23(29)24(16)31)34-27(33)20-10-8-7-9-11-20/h7-11,14,18,21-25,31H,1,12-13,15H2,2-6H3/b17-14+/t18-,21-,22+,23-,24-,25-,29+/m0/s1. The molecule has 0 aromatic heterocycles. The number of benzene rings is 1. The van der Waals surface area contributed by atoms with E-state index in [1.54, 1.807) is 37.3 Å². The number of Topliss-reactive ketones (excluding diaryl/α,β-unsaturated/α-hetero) is 1. The van der Waals surface area contributed by atoms with Gasteiger partial charge in [0.25, 0.3) is 0 Å². The Morgan fingerprint density at radius 2 is 1.83 bits per heavy atom. The Hall–Kier alpha value is -2.73. The second-order valence-electron chi connectivity index (χ2n) is 11.2. The van der Waals surface area contributed by atoms with Crippen molar-refractivity contribution in [3.63, 3.8) is 0 Å². The Morgan fingerprint density at radius 3 is 2.46 bits per heavy atom. The van der Waals surface area contributed by atoms with Crippen molar-refractivity contribution in [3.05, 3.63) is 59.7 Å². The summed E-state index contributed by atoms with van der Waals surface area (Å²) in [5.41, 5.74) is -0.140. The summed E-state index contributed by atoms with van der Waals surface area (Å²) in [5.74, 6) is -2.18. The first-order chi connectivity index (χ1) is 16.4. The van der Waals surface area contributed by atoms with Crippen LogP contribution in [0.2, 0.25) is 0 Å². The average Bonchev–Trinajstić information content (AvgIpc) is 3.19. The fourth-order valence-electron chi connectivity index (χ4n) is 6.49. The summed E-state index contributed by atoms with van der Waals surface area (Å²) in [6.45, 7) is 13.4. The van der Waals surface area contributed by atoms with Gasteiger partial charge in [0, 0.05) is 13.3 Å². The van der Waals surface area contributed by atoms with Crippen LogP contribution in [0.15, 0.2) is 54.1 Å². The first-order valence-corrected chi connectivity index (χ1v) is 12.4. The Bertz CT molecular complexity index is 1070. The van der Waals surface area contributed by atoms with Gasteiger partial charge in [-0.15, -0.1) is 0 Å². The fraction of sp³-hybridized carbons (Fsp3) is 0.552. The molecular formula is C29H36O6. The van der Waals surface area contributed by atoms with E-state index in [9.17, 15) is 19.5 Å². The molecule has 3 aliphatic rings. The van der Waals surface area contributed by atoms with Crippen LogP contribution in [0.4, 0.5) is 0 Å². The lowest BCUT2D eigenvalue weighted by Crippen LogP contribution is -2.54. The van der Waals surface area contributed by atoms with Crippen LogP contribution in [0.3, 0.4) is 0 Å². The first-order valence-electron chi connectivity index (χ1n) is 12.4. The number of allylic oxidation sites excluding steroid dienone is 1. The molecule has 4 rings (SSSR count). The van der Waals surface area contributed by atoms with Crippen LogP contribution in [-0.4, -0.2) is 40.6 Å². The zero-order valence-corrected chi connectivity index (χ0v) is 21.2. The molecule has 2 fully saturated rings. The second kappa shape index (κ2) is 9.05. The van der Waals surface area contributed by atoms with E-state index in [0.29, 0.717) is 29.0 Å². The molecule has 0 amide bonds. The lowest BCUT2D eigenvalue weighted by atomic mass is 9.76. The van der Waals surface area contributed by atoms with E-state index >= 15 is 0 Å². The third-order valence-electron chi connectivity index (χ3n) is 8.50. The normalized spacial score (nSPS) is 37.7. The van der Waals surface area contributed by atoms with Crippen molar-refractivity contribution in [3.8, 4) is 0 Å². The number of esters is 2. The minimum Gasteiger partial charge on any atom is -0.458 e. The van der Waals surface area contributed by atoms with Crippen LogP contribution in [0.5, 0.6) is 0 Å². The smallest absolute Gasteiger partial charge is 0.338 e. The van der Waals surface area contributed by atoms with Gasteiger partial charge in [0.1, 0.15) is 6.10 Å². The van der Waals surface area contributed by atoms with Crippen LogP contribution in [0, 0.1) is 29.1 Å². The van der Waals surface area contributed by atoms with Crippen LogP contribution in [0.1, 0.15) is 64.2 Å². The fourth-order valence-corrected chi connectivity index (χ4v) is 6.49. The Morgan fingerprint density at radius 1 is 1.17 bits per heavy atom. The molecule has 2 saturated carbocycles. The van der Waals surface area contributed by atoms with Gasteiger partial charge < -0.3 is 14.6 Å². The molecule has 0 heterocycles. The molecule has 7 atom stereocenters. The number of rotatable bonds is 3. The van der Waals surface area contributed by atoms with Crippen molar-refractivity contribution in [1.29, 1.82) is 0 Å². The highest BCUT2D eigenvalue weighted by Gasteiger charge is 2.64. The quantitative estimate of drug-likeness (QED) is 0.500.